The number of aromatic hydroxyl groups is 1. The number of nitrogens with zero attached hydrogens (tertiary/aromatic N) is 2. The third kappa shape index (κ3) is 4.69. The summed E-state index contributed by atoms with van der Waals surface area (Å²) in [6, 6.07) is 6.46. The molecule has 0 aromatic heterocycles. The highest BCUT2D eigenvalue weighted by atomic mass is 32.2. The Morgan fingerprint density at radius 3 is 1.91 bits per heavy atom. The number of benzene rings is 3. The predicted octanol–water partition coefficient (Wildman–Crippen LogP) is 2.28. The minimum atomic E-state index is -5.01. The third-order valence-corrected chi connectivity index (χ3v) is 6.70. The van der Waals surface area contributed by atoms with Crippen molar-refractivity contribution in [3.63, 3.8) is 0 Å². The van der Waals surface area contributed by atoms with Gasteiger partial charge in [0.2, 0.25) is 0 Å². The van der Waals surface area contributed by atoms with Gasteiger partial charge in [0.25, 0.3) is 30.4 Å². The summed E-state index contributed by atoms with van der Waals surface area (Å²) < 4.78 is 96.1. The Balaban J connectivity index is 2.24. The van der Waals surface area contributed by atoms with Crippen LogP contribution >= 0.6 is 0 Å². The quantitative estimate of drug-likeness (QED) is 0.192. The monoisotopic (exact) mass is 503 g/mol. The van der Waals surface area contributed by atoms with E-state index in [0.717, 1.165) is 24.3 Å². The standard InChI is InChI=1S/C16H13N3O10S3/c17-11-3-1-8-5-10(31(24,25)26)6-13(20)15(8)16(11)19-18-12-4-2-9(30(21,22)23)7-14(12)32(27,28)29/h1-7,20H,17H2,(H,21,22,23)(H,24,25,26)(H,27,28,29). The summed E-state index contributed by atoms with van der Waals surface area (Å²) >= 11 is 0. The lowest BCUT2D eigenvalue weighted by atomic mass is 10.1. The molecule has 3 aromatic carbocycles. The summed E-state index contributed by atoms with van der Waals surface area (Å²) in [6.07, 6.45) is 0. The van der Waals surface area contributed by atoms with Gasteiger partial charge in [-0.05, 0) is 35.7 Å². The van der Waals surface area contributed by atoms with Gasteiger partial charge in [0, 0.05) is 6.07 Å². The van der Waals surface area contributed by atoms with E-state index in [2.05, 4.69) is 10.2 Å². The topological polar surface area (TPSA) is 234 Å². The molecule has 0 saturated heterocycles. The number of azo groups is 1. The highest BCUT2D eigenvalue weighted by Gasteiger charge is 2.21. The molecule has 0 radical (unpaired) electrons. The predicted molar refractivity (Wildman–Crippen MR) is 110 cm³/mol. The molecule has 16 heteroatoms. The molecular weight excluding hydrogens is 490 g/mol. The van der Waals surface area contributed by atoms with Gasteiger partial charge in [-0.3, -0.25) is 13.7 Å². The number of hydrogen-bond donors (Lipinski definition) is 5. The SMILES string of the molecule is Nc1ccc2cc(S(=O)(=O)O)cc(O)c2c1N=Nc1ccc(S(=O)(=O)O)cc1S(=O)(=O)O. The molecule has 0 amide bonds. The number of nitrogens with two attached hydrogens (primary N) is 1. The molecule has 13 nitrogen and oxygen atoms in total. The fourth-order valence-electron chi connectivity index (χ4n) is 2.72. The first-order chi connectivity index (χ1) is 14.6. The minimum absolute atomic E-state index is 0.0703. The first-order valence-corrected chi connectivity index (χ1v) is 12.4. The van der Waals surface area contributed by atoms with Crippen molar-refractivity contribution in [1.29, 1.82) is 0 Å². The summed E-state index contributed by atoms with van der Waals surface area (Å²) in [5.74, 6) is -0.645. The Bertz CT molecular complexity index is 1610. The number of anilines is 1. The van der Waals surface area contributed by atoms with Crippen LogP contribution < -0.4 is 5.73 Å². The van der Waals surface area contributed by atoms with Gasteiger partial charge in [-0.2, -0.15) is 25.3 Å². The lowest BCUT2D eigenvalue weighted by molar-refractivity contribution is 0.471. The zero-order valence-corrected chi connectivity index (χ0v) is 17.9. The fraction of sp³-hybridized carbons (Fsp3) is 0. The highest BCUT2D eigenvalue weighted by molar-refractivity contribution is 7.86. The maximum absolute atomic E-state index is 11.6. The minimum Gasteiger partial charge on any atom is -0.507 e. The molecule has 0 aliphatic heterocycles. The Hall–Kier alpha value is -3.15. The summed E-state index contributed by atoms with van der Waals surface area (Å²) in [6.45, 7) is 0. The molecule has 0 bridgehead atoms. The normalized spacial score (nSPS) is 13.1. The van der Waals surface area contributed by atoms with E-state index in [1.807, 2.05) is 0 Å². The van der Waals surface area contributed by atoms with Crippen LogP contribution in [-0.2, 0) is 30.4 Å². The Morgan fingerprint density at radius 1 is 0.719 bits per heavy atom. The van der Waals surface area contributed by atoms with E-state index in [0.29, 0.717) is 6.07 Å². The molecule has 170 valence electrons. The van der Waals surface area contributed by atoms with Gasteiger partial charge in [-0.25, -0.2) is 0 Å². The van der Waals surface area contributed by atoms with Gasteiger partial charge in [0.1, 0.15) is 22.0 Å². The van der Waals surface area contributed by atoms with Crippen LogP contribution in [0.25, 0.3) is 10.8 Å². The second-order valence-electron chi connectivity index (χ2n) is 6.30. The van der Waals surface area contributed by atoms with Crippen LogP contribution in [-0.4, -0.2) is 44.0 Å². The largest absolute Gasteiger partial charge is 0.507 e. The molecule has 0 atom stereocenters. The van der Waals surface area contributed by atoms with E-state index in [1.165, 1.54) is 12.1 Å². The van der Waals surface area contributed by atoms with Gasteiger partial charge in [-0.1, -0.05) is 6.07 Å². The average molecular weight is 503 g/mol. The molecule has 0 unspecified atom stereocenters. The molecular formula is C16H13N3O10S3. The smallest absolute Gasteiger partial charge is 0.296 e. The molecule has 0 heterocycles. The number of nitrogen functional groups attached to an aromatic ring is 1. The summed E-state index contributed by atoms with van der Waals surface area (Å²) in [5.41, 5.74) is 5.01. The van der Waals surface area contributed by atoms with E-state index in [4.69, 9.17) is 10.3 Å². The van der Waals surface area contributed by atoms with Crippen molar-refractivity contribution in [3.8, 4) is 5.75 Å². The number of hydrogen-bond acceptors (Lipinski definition) is 10. The maximum atomic E-state index is 11.6. The van der Waals surface area contributed by atoms with Crippen molar-refractivity contribution in [1.82, 2.24) is 0 Å². The van der Waals surface area contributed by atoms with Crippen molar-refractivity contribution in [2.24, 2.45) is 10.2 Å². The number of fused-ring (bicyclic) bond motifs is 1. The lowest BCUT2D eigenvalue weighted by Crippen LogP contribution is -2.03. The fourth-order valence-corrected chi connectivity index (χ4v) is 4.49. The maximum Gasteiger partial charge on any atom is 0.296 e. The molecule has 0 saturated carbocycles. The molecule has 32 heavy (non-hydrogen) atoms. The first-order valence-electron chi connectivity index (χ1n) is 8.12. The molecule has 3 aromatic rings. The van der Waals surface area contributed by atoms with Gasteiger partial charge >= 0.3 is 0 Å². The molecule has 3 rings (SSSR count). The molecule has 0 aliphatic rings. The van der Waals surface area contributed by atoms with Crippen LogP contribution in [0.1, 0.15) is 0 Å². The van der Waals surface area contributed by atoms with Crippen LogP contribution in [0.4, 0.5) is 17.1 Å². The summed E-state index contributed by atoms with van der Waals surface area (Å²) in [5, 5.41) is 17.7. The number of phenolic OH excluding ortho intramolecular Hbond substituents is 1. The highest BCUT2D eigenvalue weighted by Crippen LogP contribution is 2.40. The van der Waals surface area contributed by atoms with Gasteiger partial charge < -0.3 is 10.8 Å². The van der Waals surface area contributed by atoms with Crippen LogP contribution in [0.5, 0.6) is 5.75 Å². The first kappa shape index (κ1) is 23.5. The van der Waals surface area contributed by atoms with Crippen LogP contribution in [0, 0.1) is 0 Å². The second kappa shape index (κ2) is 7.76. The van der Waals surface area contributed by atoms with Crippen LogP contribution in [0.15, 0.2) is 67.4 Å². The van der Waals surface area contributed by atoms with Gasteiger partial charge in [0.15, 0.2) is 0 Å². The zero-order chi connectivity index (χ0) is 24.1. The van der Waals surface area contributed by atoms with E-state index >= 15 is 0 Å². The molecule has 0 fully saturated rings. The third-order valence-electron chi connectivity index (χ3n) is 4.14. The zero-order valence-electron chi connectivity index (χ0n) is 15.5. The molecule has 0 aliphatic carbocycles. The van der Waals surface area contributed by atoms with Crippen LogP contribution in [0.3, 0.4) is 0 Å². The van der Waals surface area contributed by atoms with Gasteiger partial charge in [0.05, 0.1) is 20.9 Å². The van der Waals surface area contributed by atoms with E-state index in [9.17, 15) is 39.5 Å². The lowest BCUT2D eigenvalue weighted by Gasteiger charge is -2.09. The van der Waals surface area contributed by atoms with E-state index < -0.39 is 56.5 Å². The van der Waals surface area contributed by atoms with E-state index in [1.54, 1.807) is 0 Å². The molecule has 6 N–H and O–H groups in total. The second-order valence-corrected chi connectivity index (χ2v) is 10.5. The molecule has 0 spiro atoms. The van der Waals surface area contributed by atoms with Crippen molar-refractivity contribution < 1.29 is 44.0 Å². The van der Waals surface area contributed by atoms with Crippen molar-refractivity contribution in [2.45, 2.75) is 14.7 Å². The summed E-state index contributed by atoms with van der Waals surface area (Å²) in [7, 11) is -14.4. The number of phenols is 1. The Morgan fingerprint density at radius 2 is 1.34 bits per heavy atom. The Kier molecular flexibility index (Phi) is 5.71. The Labute approximate surface area is 181 Å². The van der Waals surface area contributed by atoms with Crippen molar-refractivity contribution in [2.75, 3.05) is 5.73 Å². The number of rotatable bonds is 5. The summed E-state index contributed by atoms with van der Waals surface area (Å²) in [4.78, 5) is -2.43. The van der Waals surface area contributed by atoms with Crippen LogP contribution in [0.2, 0.25) is 0 Å². The van der Waals surface area contributed by atoms with Crippen molar-refractivity contribution in [3.05, 3.63) is 42.5 Å². The van der Waals surface area contributed by atoms with E-state index in [-0.39, 0.29) is 22.1 Å². The van der Waals surface area contributed by atoms with Crippen molar-refractivity contribution >= 4 is 58.2 Å². The average Bonchev–Trinajstić information content (AvgIpc) is 2.65. The van der Waals surface area contributed by atoms with Gasteiger partial charge in [-0.15, -0.1) is 10.2 Å².